The third-order valence-electron chi connectivity index (χ3n) is 5.62. The summed E-state index contributed by atoms with van der Waals surface area (Å²) in [6.07, 6.45) is 0.906. The molecule has 1 aliphatic rings. The lowest BCUT2D eigenvalue weighted by atomic mass is 10.0. The summed E-state index contributed by atoms with van der Waals surface area (Å²) in [5.74, 6) is 1.55. The molecule has 144 valence electrons. The standard InChI is InChI=1S/C22H28N2O3/c1-16-13-18(15-25)5-7-20(16)24-11-9-23(10-12-24)17(2)19-6-8-21(26-3)22(14-19)27-4/h5-8,13-15,17H,9-12H2,1-4H3/p+1/t17-/m0/s1. The predicted molar refractivity (Wildman–Crippen MR) is 107 cm³/mol. The molecule has 0 amide bonds. The maximum atomic E-state index is 11.0. The molecular formula is C22H29N2O3+. The number of hydrogen-bond donors (Lipinski definition) is 1. The highest BCUT2D eigenvalue weighted by Crippen LogP contribution is 2.29. The fourth-order valence-electron chi connectivity index (χ4n) is 3.93. The van der Waals surface area contributed by atoms with Crippen molar-refractivity contribution in [3.63, 3.8) is 0 Å². The summed E-state index contributed by atoms with van der Waals surface area (Å²) in [7, 11) is 3.34. The third kappa shape index (κ3) is 4.08. The van der Waals surface area contributed by atoms with E-state index in [9.17, 15) is 4.79 Å². The van der Waals surface area contributed by atoms with Gasteiger partial charge in [-0.1, -0.05) is 0 Å². The lowest BCUT2D eigenvalue weighted by molar-refractivity contribution is -0.930. The summed E-state index contributed by atoms with van der Waals surface area (Å²) < 4.78 is 10.8. The van der Waals surface area contributed by atoms with Crippen LogP contribution in [0.3, 0.4) is 0 Å². The van der Waals surface area contributed by atoms with E-state index in [0.29, 0.717) is 6.04 Å². The van der Waals surface area contributed by atoms with Gasteiger partial charge in [0.2, 0.25) is 0 Å². The van der Waals surface area contributed by atoms with Crippen molar-refractivity contribution >= 4 is 12.0 Å². The van der Waals surface area contributed by atoms with Crippen LogP contribution in [0.5, 0.6) is 11.5 Å². The lowest BCUT2D eigenvalue weighted by Crippen LogP contribution is -3.14. The Morgan fingerprint density at radius 2 is 1.74 bits per heavy atom. The second-order valence-corrected chi connectivity index (χ2v) is 7.15. The van der Waals surface area contributed by atoms with Crippen LogP contribution in [0.4, 0.5) is 5.69 Å². The molecule has 0 aliphatic carbocycles. The molecule has 0 bridgehead atoms. The molecule has 0 saturated carbocycles. The van der Waals surface area contributed by atoms with Crippen LogP contribution in [-0.4, -0.2) is 46.7 Å². The van der Waals surface area contributed by atoms with Gasteiger partial charge < -0.3 is 19.3 Å². The van der Waals surface area contributed by atoms with Gasteiger partial charge in [-0.3, -0.25) is 4.79 Å². The highest BCUT2D eigenvalue weighted by atomic mass is 16.5. The number of aryl methyl sites for hydroxylation is 1. The molecule has 2 aromatic rings. The highest BCUT2D eigenvalue weighted by molar-refractivity contribution is 5.77. The maximum Gasteiger partial charge on any atom is 0.161 e. The Balaban J connectivity index is 1.67. The van der Waals surface area contributed by atoms with Gasteiger partial charge in [0, 0.05) is 16.8 Å². The van der Waals surface area contributed by atoms with Crippen LogP contribution in [0.15, 0.2) is 36.4 Å². The zero-order valence-electron chi connectivity index (χ0n) is 16.6. The van der Waals surface area contributed by atoms with E-state index in [0.717, 1.165) is 55.1 Å². The van der Waals surface area contributed by atoms with E-state index < -0.39 is 0 Å². The summed E-state index contributed by atoms with van der Waals surface area (Å²) in [5, 5.41) is 0. The molecule has 0 unspecified atom stereocenters. The molecule has 1 N–H and O–H groups in total. The Morgan fingerprint density at radius 1 is 1.04 bits per heavy atom. The molecule has 1 saturated heterocycles. The van der Waals surface area contributed by atoms with Gasteiger partial charge in [0.15, 0.2) is 11.5 Å². The lowest BCUT2D eigenvalue weighted by Gasteiger charge is -2.37. The molecule has 3 rings (SSSR count). The number of anilines is 1. The Kier molecular flexibility index (Phi) is 6.01. The van der Waals surface area contributed by atoms with Crippen LogP contribution in [0.2, 0.25) is 0 Å². The Labute approximate surface area is 161 Å². The molecule has 0 radical (unpaired) electrons. The Hall–Kier alpha value is -2.53. The number of methoxy groups -OCH3 is 2. The zero-order valence-corrected chi connectivity index (χ0v) is 16.6. The molecule has 5 nitrogen and oxygen atoms in total. The molecule has 27 heavy (non-hydrogen) atoms. The number of benzene rings is 2. The minimum absolute atomic E-state index is 0.394. The summed E-state index contributed by atoms with van der Waals surface area (Å²) in [5.41, 5.74) is 4.40. The van der Waals surface area contributed by atoms with Crippen LogP contribution >= 0.6 is 0 Å². The quantitative estimate of drug-likeness (QED) is 0.794. The SMILES string of the molecule is COc1ccc([C@H](C)[NH+]2CCN(c3ccc(C=O)cc3C)CC2)cc1OC. The van der Waals surface area contributed by atoms with E-state index in [1.807, 2.05) is 18.2 Å². The van der Waals surface area contributed by atoms with Crippen molar-refractivity contribution in [3.8, 4) is 11.5 Å². The van der Waals surface area contributed by atoms with Gasteiger partial charge in [-0.05, 0) is 55.8 Å². The molecular weight excluding hydrogens is 340 g/mol. The van der Waals surface area contributed by atoms with Gasteiger partial charge in [-0.2, -0.15) is 0 Å². The monoisotopic (exact) mass is 369 g/mol. The summed E-state index contributed by atoms with van der Waals surface area (Å²) >= 11 is 0. The van der Waals surface area contributed by atoms with Gasteiger partial charge >= 0.3 is 0 Å². The highest BCUT2D eigenvalue weighted by Gasteiger charge is 2.27. The number of ether oxygens (including phenoxy) is 2. The van der Waals surface area contributed by atoms with Crippen LogP contribution in [0.1, 0.15) is 34.5 Å². The van der Waals surface area contributed by atoms with Gasteiger partial charge in [0.05, 0.1) is 40.4 Å². The molecule has 1 heterocycles. The van der Waals surface area contributed by atoms with Gasteiger partial charge in [0.1, 0.15) is 12.3 Å². The number of quaternary nitrogens is 1. The first-order chi connectivity index (χ1) is 13.1. The van der Waals surface area contributed by atoms with Gasteiger partial charge in [0.25, 0.3) is 0 Å². The smallest absolute Gasteiger partial charge is 0.161 e. The maximum absolute atomic E-state index is 11.0. The fourth-order valence-corrected chi connectivity index (χ4v) is 3.93. The predicted octanol–water partition coefficient (Wildman–Crippen LogP) is 2.29. The van der Waals surface area contributed by atoms with Crippen LogP contribution < -0.4 is 19.3 Å². The van der Waals surface area contributed by atoms with Crippen molar-refractivity contribution in [1.29, 1.82) is 0 Å². The average Bonchev–Trinajstić information content (AvgIpc) is 2.72. The molecule has 0 spiro atoms. The number of carbonyl (C=O) groups is 1. The van der Waals surface area contributed by atoms with Crippen molar-refractivity contribution in [3.05, 3.63) is 53.1 Å². The Bertz CT molecular complexity index is 798. The second-order valence-electron chi connectivity index (χ2n) is 7.15. The topological polar surface area (TPSA) is 43.2 Å². The second kappa shape index (κ2) is 8.44. The molecule has 2 aromatic carbocycles. The first-order valence-corrected chi connectivity index (χ1v) is 9.44. The van der Waals surface area contributed by atoms with Gasteiger partial charge in [-0.15, -0.1) is 0 Å². The Morgan fingerprint density at radius 3 is 2.33 bits per heavy atom. The minimum atomic E-state index is 0.394. The van der Waals surface area contributed by atoms with Crippen molar-refractivity contribution in [2.24, 2.45) is 0 Å². The van der Waals surface area contributed by atoms with Gasteiger partial charge in [-0.25, -0.2) is 0 Å². The number of nitrogens with zero attached hydrogens (tertiary/aromatic N) is 1. The van der Waals surface area contributed by atoms with Crippen LogP contribution in [0.25, 0.3) is 0 Å². The number of carbonyl (C=O) groups excluding carboxylic acids is 1. The van der Waals surface area contributed by atoms with E-state index in [1.54, 1.807) is 19.1 Å². The normalized spacial score (nSPS) is 16.1. The molecule has 1 atom stereocenters. The van der Waals surface area contributed by atoms with E-state index in [1.165, 1.54) is 11.3 Å². The van der Waals surface area contributed by atoms with E-state index >= 15 is 0 Å². The molecule has 5 heteroatoms. The van der Waals surface area contributed by atoms with Crippen molar-refractivity contribution < 1.29 is 19.2 Å². The molecule has 1 aliphatic heterocycles. The zero-order chi connectivity index (χ0) is 19.4. The first kappa shape index (κ1) is 19.2. The third-order valence-corrected chi connectivity index (χ3v) is 5.62. The molecule has 0 aromatic heterocycles. The van der Waals surface area contributed by atoms with Crippen molar-refractivity contribution in [2.45, 2.75) is 19.9 Å². The first-order valence-electron chi connectivity index (χ1n) is 9.44. The number of nitrogens with one attached hydrogen (secondary N) is 1. The van der Waals surface area contributed by atoms with E-state index in [-0.39, 0.29) is 0 Å². The summed E-state index contributed by atoms with van der Waals surface area (Å²) in [6.45, 7) is 8.52. The number of hydrogen-bond acceptors (Lipinski definition) is 4. The van der Waals surface area contributed by atoms with Crippen molar-refractivity contribution in [1.82, 2.24) is 0 Å². The van der Waals surface area contributed by atoms with Crippen molar-refractivity contribution in [2.75, 3.05) is 45.3 Å². The summed E-state index contributed by atoms with van der Waals surface area (Å²) in [4.78, 5) is 14.9. The van der Waals surface area contributed by atoms with E-state index in [2.05, 4.69) is 36.9 Å². The van der Waals surface area contributed by atoms with E-state index in [4.69, 9.17) is 9.47 Å². The minimum Gasteiger partial charge on any atom is -0.493 e. The fraction of sp³-hybridized carbons (Fsp3) is 0.409. The van der Waals surface area contributed by atoms with Crippen LogP contribution in [0, 0.1) is 6.92 Å². The van der Waals surface area contributed by atoms with Crippen LogP contribution in [-0.2, 0) is 0 Å². The largest absolute Gasteiger partial charge is 0.493 e. The summed E-state index contributed by atoms with van der Waals surface area (Å²) in [6, 6.07) is 12.5. The number of piperazine rings is 1. The average molecular weight is 369 g/mol. The number of rotatable bonds is 6. The number of aldehydes is 1. The molecule has 1 fully saturated rings.